The summed E-state index contributed by atoms with van der Waals surface area (Å²) in [5.41, 5.74) is 0. The van der Waals surface area contributed by atoms with Gasteiger partial charge in [0, 0.05) is 27.8 Å². The van der Waals surface area contributed by atoms with Crippen molar-refractivity contribution in [1.29, 1.82) is 0 Å². The molecule has 0 aliphatic heterocycles. The molecule has 1 fully saturated rings. The minimum absolute atomic E-state index is 0.151. The highest BCUT2D eigenvalue weighted by atomic mass is 32.2. The Morgan fingerprint density at radius 2 is 1.95 bits per heavy atom. The molecule has 0 aromatic heterocycles. The molecule has 0 radical (unpaired) electrons. The fourth-order valence-corrected chi connectivity index (χ4v) is 2.96. The van der Waals surface area contributed by atoms with Crippen molar-refractivity contribution in [3.8, 4) is 0 Å². The summed E-state index contributed by atoms with van der Waals surface area (Å²) in [4.78, 5) is 11.7. The van der Waals surface area contributed by atoms with Crippen molar-refractivity contribution in [3.63, 3.8) is 0 Å². The molecule has 0 aromatic rings. The van der Waals surface area contributed by atoms with Crippen LogP contribution in [0.5, 0.6) is 0 Å². The fraction of sp³-hybridized carbons (Fsp3) is 0.923. The molecule has 3 atom stereocenters. The van der Waals surface area contributed by atoms with Gasteiger partial charge in [0.05, 0.1) is 12.1 Å². The van der Waals surface area contributed by atoms with Crippen molar-refractivity contribution >= 4 is 16.8 Å². The van der Waals surface area contributed by atoms with E-state index in [0.29, 0.717) is 12.3 Å². The van der Waals surface area contributed by atoms with E-state index in [1.807, 2.05) is 20.8 Å². The number of nitrogens with one attached hydrogen (secondary N) is 2. The Hall–Kier alpha value is -0.620. The minimum atomic E-state index is -0.959. The van der Waals surface area contributed by atoms with E-state index < -0.39 is 16.9 Å². The summed E-state index contributed by atoms with van der Waals surface area (Å²) in [5.74, 6) is 0.449. The maximum atomic E-state index is 11.8. The summed E-state index contributed by atoms with van der Waals surface area (Å²) in [6.45, 7) is 6.14. The van der Waals surface area contributed by atoms with E-state index in [1.54, 1.807) is 0 Å². The van der Waals surface area contributed by atoms with Crippen molar-refractivity contribution in [2.75, 3.05) is 12.3 Å². The molecule has 1 saturated carbocycles. The Bertz CT molecular complexity index is 328. The van der Waals surface area contributed by atoms with E-state index in [9.17, 15) is 14.1 Å². The van der Waals surface area contributed by atoms with Crippen LogP contribution in [0.1, 0.15) is 46.5 Å². The Labute approximate surface area is 118 Å². The van der Waals surface area contributed by atoms with Crippen molar-refractivity contribution in [2.45, 2.75) is 63.3 Å². The number of rotatable bonds is 4. The van der Waals surface area contributed by atoms with E-state index in [-0.39, 0.29) is 16.8 Å². The third-order valence-corrected chi connectivity index (χ3v) is 5.24. The Balaban J connectivity index is 2.23. The van der Waals surface area contributed by atoms with Crippen molar-refractivity contribution in [3.05, 3.63) is 0 Å². The number of hydrogen-bond donors (Lipinski definition) is 3. The lowest BCUT2D eigenvalue weighted by Gasteiger charge is -2.28. The minimum Gasteiger partial charge on any atom is -0.391 e. The summed E-state index contributed by atoms with van der Waals surface area (Å²) < 4.78 is 11.5. The van der Waals surface area contributed by atoms with Gasteiger partial charge in [0.25, 0.3) is 0 Å². The van der Waals surface area contributed by atoms with Gasteiger partial charge in [-0.05, 0) is 33.6 Å². The van der Waals surface area contributed by atoms with Gasteiger partial charge in [-0.2, -0.15) is 0 Å². The lowest BCUT2D eigenvalue weighted by atomic mass is 9.93. The summed E-state index contributed by atoms with van der Waals surface area (Å²) in [6.07, 6.45) is 3.19. The van der Waals surface area contributed by atoms with Gasteiger partial charge in [-0.3, -0.25) is 4.21 Å². The predicted molar refractivity (Wildman–Crippen MR) is 77.6 cm³/mol. The number of aliphatic hydroxyl groups is 1. The monoisotopic (exact) mass is 290 g/mol. The highest BCUT2D eigenvalue weighted by Gasteiger charge is 2.24. The molecule has 3 N–H and O–H groups in total. The lowest BCUT2D eigenvalue weighted by Crippen LogP contribution is -2.49. The molecule has 1 aliphatic rings. The van der Waals surface area contributed by atoms with Gasteiger partial charge in [0.1, 0.15) is 0 Å². The van der Waals surface area contributed by atoms with Crippen molar-refractivity contribution < 1.29 is 14.1 Å². The molecule has 0 spiro atoms. The molecule has 5 nitrogen and oxygen atoms in total. The first kappa shape index (κ1) is 16.4. The third-order valence-electron chi connectivity index (χ3n) is 3.30. The van der Waals surface area contributed by atoms with Gasteiger partial charge in [0.15, 0.2) is 0 Å². The topological polar surface area (TPSA) is 78.4 Å². The SMILES string of the molecule is CC(C)(C)S(=O)CCNC(=O)NC1CCCCC1O. The van der Waals surface area contributed by atoms with E-state index in [2.05, 4.69) is 10.6 Å². The largest absolute Gasteiger partial charge is 0.391 e. The Morgan fingerprint density at radius 3 is 2.53 bits per heavy atom. The highest BCUT2D eigenvalue weighted by molar-refractivity contribution is 7.86. The van der Waals surface area contributed by atoms with Gasteiger partial charge in [-0.25, -0.2) is 4.79 Å². The van der Waals surface area contributed by atoms with Crippen LogP contribution in [0.25, 0.3) is 0 Å². The van der Waals surface area contributed by atoms with Gasteiger partial charge < -0.3 is 15.7 Å². The molecule has 0 bridgehead atoms. The van der Waals surface area contributed by atoms with Crippen LogP contribution in [0.4, 0.5) is 4.79 Å². The second-order valence-electron chi connectivity index (χ2n) is 6.02. The van der Waals surface area contributed by atoms with Crippen LogP contribution in [-0.2, 0) is 10.8 Å². The second-order valence-corrected chi connectivity index (χ2v) is 8.34. The summed E-state index contributed by atoms with van der Waals surface area (Å²) in [7, 11) is -0.959. The Morgan fingerprint density at radius 1 is 1.32 bits per heavy atom. The molecule has 1 aliphatic carbocycles. The molecular weight excluding hydrogens is 264 g/mol. The number of hydrogen-bond acceptors (Lipinski definition) is 3. The molecule has 2 amide bonds. The van der Waals surface area contributed by atoms with Crippen molar-refractivity contribution in [2.24, 2.45) is 0 Å². The summed E-state index contributed by atoms with van der Waals surface area (Å²) >= 11 is 0. The van der Waals surface area contributed by atoms with E-state index in [0.717, 1.165) is 25.7 Å². The molecule has 0 aromatic carbocycles. The number of aliphatic hydroxyl groups excluding tert-OH is 1. The number of carbonyl (C=O) groups excluding carboxylic acids is 1. The standard InChI is InChI=1S/C13H26N2O3S/c1-13(2,3)19(18)9-8-14-12(17)15-10-6-4-5-7-11(10)16/h10-11,16H,4-9H2,1-3H3,(H2,14,15,17). The number of carbonyl (C=O) groups is 1. The number of urea groups is 1. The number of amides is 2. The normalized spacial score (nSPS) is 25.7. The average molecular weight is 290 g/mol. The smallest absolute Gasteiger partial charge is 0.315 e. The molecule has 1 rings (SSSR count). The molecule has 0 heterocycles. The summed E-state index contributed by atoms with van der Waals surface area (Å²) in [6, 6.07) is -0.432. The van der Waals surface area contributed by atoms with Crippen molar-refractivity contribution in [1.82, 2.24) is 10.6 Å². The zero-order valence-electron chi connectivity index (χ0n) is 12.1. The molecular formula is C13H26N2O3S. The van der Waals surface area contributed by atoms with Gasteiger partial charge in [0.2, 0.25) is 0 Å². The summed E-state index contributed by atoms with van der Waals surface area (Å²) in [5, 5.41) is 15.2. The first-order chi connectivity index (χ1) is 8.80. The maximum absolute atomic E-state index is 11.8. The first-order valence-corrected chi connectivity index (χ1v) is 8.23. The molecule has 19 heavy (non-hydrogen) atoms. The fourth-order valence-electron chi connectivity index (χ4n) is 2.06. The van der Waals surface area contributed by atoms with E-state index in [1.165, 1.54) is 0 Å². The predicted octanol–water partition coefficient (Wildman–Crippen LogP) is 1.14. The third kappa shape index (κ3) is 5.91. The average Bonchev–Trinajstić information content (AvgIpc) is 2.31. The quantitative estimate of drug-likeness (QED) is 0.726. The van der Waals surface area contributed by atoms with Gasteiger partial charge >= 0.3 is 6.03 Å². The molecule has 112 valence electrons. The Kier molecular flexibility index (Phi) is 6.26. The van der Waals surface area contributed by atoms with E-state index >= 15 is 0 Å². The van der Waals surface area contributed by atoms with Crippen LogP contribution < -0.4 is 10.6 Å². The highest BCUT2D eigenvalue weighted by Crippen LogP contribution is 2.18. The van der Waals surface area contributed by atoms with E-state index in [4.69, 9.17) is 0 Å². The van der Waals surface area contributed by atoms with Crippen LogP contribution in [0, 0.1) is 0 Å². The van der Waals surface area contributed by atoms with Crippen LogP contribution in [0.2, 0.25) is 0 Å². The van der Waals surface area contributed by atoms with Crippen LogP contribution in [0.15, 0.2) is 0 Å². The molecule has 6 heteroatoms. The zero-order chi connectivity index (χ0) is 14.5. The maximum Gasteiger partial charge on any atom is 0.315 e. The van der Waals surface area contributed by atoms with Gasteiger partial charge in [-0.1, -0.05) is 12.8 Å². The molecule has 3 unspecified atom stereocenters. The van der Waals surface area contributed by atoms with Crippen LogP contribution >= 0.6 is 0 Å². The van der Waals surface area contributed by atoms with Gasteiger partial charge in [-0.15, -0.1) is 0 Å². The zero-order valence-corrected chi connectivity index (χ0v) is 12.9. The first-order valence-electron chi connectivity index (χ1n) is 6.91. The second kappa shape index (κ2) is 7.24. The molecule has 0 saturated heterocycles. The van der Waals surface area contributed by atoms with Crippen LogP contribution in [0.3, 0.4) is 0 Å². The van der Waals surface area contributed by atoms with Crippen LogP contribution in [-0.4, -0.2) is 44.5 Å². The lowest BCUT2D eigenvalue weighted by molar-refractivity contribution is 0.0944.